The van der Waals surface area contributed by atoms with E-state index in [2.05, 4.69) is 29.6 Å². The van der Waals surface area contributed by atoms with E-state index < -0.39 is 18.2 Å². The summed E-state index contributed by atoms with van der Waals surface area (Å²) in [5, 5.41) is 9.56. The van der Waals surface area contributed by atoms with Crippen molar-refractivity contribution in [3.63, 3.8) is 0 Å². The number of carbonyl (C=O) groups excluding carboxylic acids is 1. The summed E-state index contributed by atoms with van der Waals surface area (Å²) in [6.45, 7) is 0.399. The van der Waals surface area contributed by atoms with Crippen molar-refractivity contribution in [1.82, 2.24) is 5.32 Å². The first kappa shape index (κ1) is 20.2. The van der Waals surface area contributed by atoms with Gasteiger partial charge < -0.3 is 20.9 Å². The lowest BCUT2D eigenvalue weighted by Gasteiger charge is -2.14. The fourth-order valence-corrected chi connectivity index (χ4v) is 2.73. The molecule has 0 heterocycles. The summed E-state index contributed by atoms with van der Waals surface area (Å²) < 4.78 is 37.0. The number of ether oxygens (including phenoxy) is 1. The van der Waals surface area contributed by atoms with Gasteiger partial charge in [-0.05, 0) is 22.3 Å². The molecule has 9 heteroatoms. The fourth-order valence-electron chi connectivity index (χ4n) is 2.73. The van der Waals surface area contributed by atoms with Crippen LogP contribution in [0.2, 0.25) is 0 Å². The Morgan fingerprint density at radius 3 is 1.89 bits per heavy atom. The highest BCUT2D eigenvalue weighted by Crippen LogP contribution is 2.44. The van der Waals surface area contributed by atoms with Gasteiger partial charge in [-0.25, -0.2) is 9.59 Å². The smallest absolute Gasteiger partial charge is 0.475 e. The second-order valence-electron chi connectivity index (χ2n) is 5.51. The number of alkyl halides is 3. The third kappa shape index (κ3) is 4.98. The van der Waals surface area contributed by atoms with Crippen LogP contribution in [0.15, 0.2) is 48.5 Å². The maximum Gasteiger partial charge on any atom is 0.490 e. The van der Waals surface area contributed by atoms with Gasteiger partial charge in [0.05, 0.1) is 6.67 Å². The van der Waals surface area contributed by atoms with Crippen LogP contribution in [-0.2, 0) is 9.53 Å². The number of aliphatic carboxylic acids is 1. The molecule has 0 saturated carbocycles. The SMILES string of the molecule is NCNC(=O)OCC1c2ccccc2-c2ccccc21.O=C(O)C(F)(F)F. The monoisotopic (exact) mass is 382 g/mol. The Hall–Kier alpha value is -3.07. The zero-order valence-corrected chi connectivity index (χ0v) is 14.0. The summed E-state index contributed by atoms with van der Waals surface area (Å²) in [5.74, 6) is -2.67. The van der Waals surface area contributed by atoms with Crippen molar-refractivity contribution in [3.8, 4) is 11.1 Å². The lowest BCUT2D eigenvalue weighted by Crippen LogP contribution is -2.31. The topological polar surface area (TPSA) is 102 Å². The normalized spacial score (nSPS) is 12.3. The predicted octanol–water partition coefficient (Wildman–Crippen LogP) is 3.07. The predicted molar refractivity (Wildman–Crippen MR) is 90.9 cm³/mol. The van der Waals surface area contributed by atoms with Crippen LogP contribution in [0.5, 0.6) is 0 Å². The Morgan fingerprint density at radius 2 is 1.48 bits per heavy atom. The minimum absolute atomic E-state index is 0.0800. The molecular formula is C18H17F3N2O4. The van der Waals surface area contributed by atoms with E-state index in [0.29, 0.717) is 6.61 Å². The number of benzene rings is 2. The Balaban J connectivity index is 0.000000321. The highest BCUT2D eigenvalue weighted by atomic mass is 19.4. The zero-order chi connectivity index (χ0) is 20.0. The number of rotatable bonds is 3. The van der Waals surface area contributed by atoms with Crippen molar-refractivity contribution in [2.45, 2.75) is 12.1 Å². The largest absolute Gasteiger partial charge is 0.490 e. The van der Waals surface area contributed by atoms with E-state index in [-0.39, 0.29) is 12.6 Å². The third-order valence-electron chi connectivity index (χ3n) is 3.83. The Bertz CT molecular complexity index is 779. The van der Waals surface area contributed by atoms with Gasteiger partial charge in [0.15, 0.2) is 0 Å². The Kier molecular flexibility index (Phi) is 6.40. The van der Waals surface area contributed by atoms with Crippen molar-refractivity contribution < 1.29 is 32.6 Å². The molecule has 0 saturated heterocycles. The van der Waals surface area contributed by atoms with E-state index in [4.69, 9.17) is 20.4 Å². The van der Waals surface area contributed by atoms with Crippen LogP contribution in [0.1, 0.15) is 17.0 Å². The first-order valence-corrected chi connectivity index (χ1v) is 7.84. The van der Waals surface area contributed by atoms with E-state index in [1.165, 1.54) is 22.3 Å². The molecule has 4 N–H and O–H groups in total. The number of hydrogen-bond donors (Lipinski definition) is 3. The van der Waals surface area contributed by atoms with Crippen LogP contribution in [0.4, 0.5) is 18.0 Å². The number of hydrogen-bond acceptors (Lipinski definition) is 4. The summed E-state index contributed by atoms with van der Waals surface area (Å²) in [7, 11) is 0. The molecule has 1 amide bonds. The van der Waals surface area contributed by atoms with Gasteiger partial charge in [-0.2, -0.15) is 13.2 Å². The molecule has 1 aliphatic rings. The van der Waals surface area contributed by atoms with Gasteiger partial charge in [0.25, 0.3) is 0 Å². The molecule has 0 radical (unpaired) electrons. The number of nitrogens with two attached hydrogens (primary N) is 1. The molecule has 0 spiro atoms. The molecule has 2 aromatic rings. The molecule has 0 aliphatic heterocycles. The van der Waals surface area contributed by atoms with Gasteiger partial charge in [-0.15, -0.1) is 0 Å². The van der Waals surface area contributed by atoms with Crippen LogP contribution in [0, 0.1) is 0 Å². The van der Waals surface area contributed by atoms with Crippen LogP contribution in [-0.4, -0.2) is 36.6 Å². The summed E-state index contributed by atoms with van der Waals surface area (Å²) in [6, 6.07) is 16.5. The van der Waals surface area contributed by atoms with Crippen LogP contribution >= 0.6 is 0 Å². The van der Waals surface area contributed by atoms with Crippen molar-refractivity contribution in [3.05, 3.63) is 59.7 Å². The summed E-state index contributed by atoms with van der Waals surface area (Å²) in [4.78, 5) is 20.3. The number of alkyl carbamates (subject to hydrolysis) is 1. The second kappa shape index (κ2) is 8.54. The van der Waals surface area contributed by atoms with Gasteiger partial charge in [0.1, 0.15) is 6.61 Å². The Morgan fingerprint density at radius 1 is 1.04 bits per heavy atom. The van der Waals surface area contributed by atoms with E-state index in [1.54, 1.807) is 0 Å². The lowest BCUT2D eigenvalue weighted by atomic mass is 9.98. The summed E-state index contributed by atoms with van der Waals surface area (Å²) in [5.41, 5.74) is 10.1. The average Bonchev–Trinajstić information content (AvgIpc) is 2.94. The number of nitrogens with one attached hydrogen (secondary N) is 1. The molecule has 0 unspecified atom stereocenters. The highest BCUT2D eigenvalue weighted by Gasteiger charge is 2.38. The van der Waals surface area contributed by atoms with Crippen molar-refractivity contribution in [2.75, 3.05) is 13.3 Å². The number of halogens is 3. The van der Waals surface area contributed by atoms with E-state index in [1.807, 2.05) is 24.3 Å². The number of fused-ring (bicyclic) bond motifs is 3. The number of amides is 1. The molecule has 1 aliphatic carbocycles. The Labute approximate surface area is 152 Å². The molecule has 0 bridgehead atoms. The maximum absolute atomic E-state index is 11.4. The molecule has 144 valence electrons. The second-order valence-corrected chi connectivity index (χ2v) is 5.51. The van der Waals surface area contributed by atoms with Crippen LogP contribution in [0.25, 0.3) is 11.1 Å². The number of carbonyl (C=O) groups is 2. The van der Waals surface area contributed by atoms with E-state index in [0.717, 1.165) is 0 Å². The molecule has 27 heavy (non-hydrogen) atoms. The molecular weight excluding hydrogens is 365 g/mol. The van der Waals surface area contributed by atoms with Crippen molar-refractivity contribution >= 4 is 12.1 Å². The van der Waals surface area contributed by atoms with Gasteiger partial charge >= 0.3 is 18.2 Å². The zero-order valence-electron chi connectivity index (χ0n) is 14.0. The van der Waals surface area contributed by atoms with Gasteiger partial charge in [0, 0.05) is 5.92 Å². The van der Waals surface area contributed by atoms with Crippen LogP contribution < -0.4 is 11.1 Å². The third-order valence-corrected chi connectivity index (χ3v) is 3.83. The molecule has 0 fully saturated rings. The summed E-state index contributed by atoms with van der Waals surface area (Å²) >= 11 is 0. The molecule has 2 aromatic carbocycles. The van der Waals surface area contributed by atoms with E-state index in [9.17, 15) is 18.0 Å². The first-order chi connectivity index (χ1) is 12.8. The van der Waals surface area contributed by atoms with E-state index >= 15 is 0 Å². The fraction of sp³-hybridized carbons (Fsp3) is 0.222. The quantitative estimate of drug-likeness (QED) is 0.708. The van der Waals surface area contributed by atoms with Crippen LogP contribution in [0.3, 0.4) is 0 Å². The highest BCUT2D eigenvalue weighted by molar-refractivity contribution is 5.79. The van der Waals surface area contributed by atoms with Gasteiger partial charge in [-0.3, -0.25) is 0 Å². The standard InChI is InChI=1S/C16H16N2O2.C2HF3O2/c17-10-18-16(19)20-9-15-13-7-3-1-5-11(13)12-6-2-4-8-14(12)15;3-2(4,5)1(6)7/h1-8,15H,9-10,17H2,(H,18,19);(H,6,7). The lowest BCUT2D eigenvalue weighted by molar-refractivity contribution is -0.192. The van der Waals surface area contributed by atoms with Crippen molar-refractivity contribution in [2.24, 2.45) is 5.73 Å². The minimum atomic E-state index is -5.08. The maximum atomic E-state index is 11.4. The molecule has 3 rings (SSSR count). The first-order valence-electron chi connectivity index (χ1n) is 7.84. The van der Waals surface area contributed by atoms with Gasteiger partial charge in [-0.1, -0.05) is 48.5 Å². The average molecular weight is 382 g/mol. The van der Waals surface area contributed by atoms with Gasteiger partial charge in [0.2, 0.25) is 0 Å². The minimum Gasteiger partial charge on any atom is -0.475 e. The molecule has 0 atom stereocenters. The molecule has 6 nitrogen and oxygen atoms in total. The van der Waals surface area contributed by atoms with Crippen molar-refractivity contribution in [1.29, 1.82) is 0 Å². The molecule has 0 aromatic heterocycles. The number of carboxylic acids is 1. The summed E-state index contributed by atoms with van der Waals surface area (Å²) in [6.07, 6.45) is -5.56. The number of carboxylic acid groups (broad SMARTS) is 1.